The summed E-state index contributed by atoms with van der Waals surface area (Å²) in [6.07, 6.45) is -40.9. The molecule has 2 amide bonds. The van der Waals surface area contributed by atoms with E-state index in [4.69, 9.17) is 28.4 Å². The van der Waals surface area contributed by atoms with Gasteiger partial charge in [0.2, 0.25) is 11.8 Å². The summed E-state index contributed by atoms with van der Waals surface area (Å²) in [7, 11) is 0. The van der Waals surface area contributed by atoms with Crippen LogP contribution in [0.1, 0.15) is 26.7 Å². The van der Waals surface area contributed by atoms with Crippen LogP contribution in [-0.4, -0.2) is 295 Å². The molecule has 0 aliphatic carbocycles. The fraction of sp³-hybridized carbons (Fsp3) is 0.853. The van der Waals surface area contributed by atoms with Crippen molar-refractivity contribution >= 4 is 59.6 Å². The molecule has 29 nitrogen and oxygen atoms in total. The van der Waals surface area contributed by atoms with E-state index in [1.54, 1.807) is 0 Å². The predicted molar refractivity (Wildman–Crippen MR) is 198 cm³/mol. The van der Waals surface area contributed by atoms with Crippen molar-refractivity contribution in [2.75, 3.05) is 26.4 Å². The Morgan fingerprint density at radius 1 is 0.734 bits per heavy atom. The zero-order valence-corrected chi connectivity index (χ0v) is 36.4. The Balaban J connectivity index is 0.0000141. The topological polar surface area (TPSA) is 488 Å². The van der Waals surface area contributed by atoms with Crippen LogP contribution >= 0.6 is 0 Å². The first-order valence-corrected chi connectivity index (χ1v) is 19.1. The van der Waals surface area contributed by atoms with Crippen molar-refractivity contribution in [1.82, 2.24) is 10.6 Å². The van der Waals surface area contributed by atoms with Gasteiger partial charge in [-0.05, 0) is 0 Å². The van der Waals surface area contributed by atoms with Gasteiger partial charge in [-0.25, -0.2) is 9.59 Å². The van der Waals surface area contributed by atoms with Crippen LogP contribution in [0.5, 0.6) is 0 Å². The van der Waals surface area contributed by atoms with Gasteiger partial charge < -0.3 is 126 Å². The first kappa shape index (κ1) is 57.9. The van der Waals surface area contributed by atoms with Crippen molar-refractivity contribution in [2.24, 2.45) is 0 Å². The van der Waals surface area contributed by atoms with Crippen molar-refractivity contribution in [3.8, 4) is 0 Å². The van der Waals surface area contributed by atoms with Gasteiger partial charge in [0.1, 0.15) is 85.5 Å². The largest absolute Gasteiger partial charge is 0.477 e. The summed E-state index contributed by atoms with van der Waals surface area (Å²) in [6, 6.07) is -3.60. The number of carbonyl (C=O) groups excluding carboxylic acids is 3. The van der Waals surface area contributed by atoms with Gasteiger partial charge in [0, 0.05) is 56.2 Å². The number of aldehydes is 1. The maximum absolute atomic E-state index is 13.1. The fourth-order valence-corrected chi connectivity index (χ4v) is 7.30. The first-order valence-electron chi connectivity index (χ1n) is 19.1. The molecule has 365 valence electrons. The van der Waals surface area contributed by atoms with E-state index in [0.717, 1.165) is 13.8 Å². The minimum Gasteiger partial charge on any atom is -0.477 e. The molecule has 1 radical (unpaired) electrons. The second kappa shape index (κ2) is 24.7. The van der Waals surface area contributed by atoms with Gasteiger partial charge in [-0.15, -0.1) is 0 Å². The van der Waals surface area contributed by atoms with E-state index in [0.29, 0.717) is 0 Å². The second-order valence-electron chi connectivity index (χ2n) is 15.1. The molecule has 3 heterocycles. The van der Waals surface area contributed by atoms with E-state index >= 15 is 0 Å². The molecule has 3 aliphatic heterocycles. The molecule has 3 rings (SSSR count). The van der Waals surface area contributed by atoms with Gasteiger partial charge in [0.15, 0.2) is 12.6 Å². The monoisotopic (exact) mass is 947 g/mol. The van der Waals surface area contributed by atoms with Crippen molar-refractivity contribution in [2.45, 2.75) is 154 Å². The number of amides is 2. The molecular weight excluding hydrogens is 891 g/mol. The molecule has 3 fully saturated rings. The van der Waals surface area contributed by atoms with Crippen molar-refractivity contribution < 1.29 is 134 Å². The molecule has 0 saturated carbocycles. The predicted octanol–water partition coefficient (Wildman–Crippen LogP) is -11.6. The number of carboxylic acids is 2. The minimum atomic E-state index is -3.38. The Hall–Kier alpha value is -2.25. The molecule has 21 atom stereocenters. The zero-order chi connectivity index (χ0) is 47.9. The maximum Gasteiger partial charge on any atom is 0.364 e. The number of aliphatic hydroxyl groups excluding tert-OH is 14. The number of hydrogen-bond acceptors (Lipinski definition) is 25. The molecule has 64 heavy (non-hydrogen) atoms. The molecule has 3 saturated heterocycles. The van der Waals surface area contributed by atoms with Gasteiger partial charge in [-0.1, -0.05) is 0 Å². The third kappa shape index (κ3) is 13.0. The molecule has 0 aromatic carbocycles. The van der Waals surface area contributed by atoms with E-state index in [2.05, 4.69) is 10.6 Å². The Kier molecular flexibility index (Phi) is 22.3. The SMILES string of the molecule is CC(=O)N[C@H]1[C@H]([C@H](O)[C@H](O)CO)O[C@@](O[C@H](CO)[C@@H](O)[C@@H]2O[C@@](O[C@H]3[C@@H](O)[C@@H](CO)O[C@@H](O[C@@H]([C@H](O)[C@@H](O)C=O)[C@H](O)CO)[C@@H]3O)(C(=O)O)C[C@H](O)[C@H]2NC(C)=O)(C(=O)O)C[C@@H]1O.[Na]. The zero-order valence-electron chi connectivity index (χ0n) is 34.4. The molecule has 0 aromatic rings. The Morgan fingerprint density at radius 3 is 1.66 bits per heavy atom. The molecule has 0 bridgehead atoms. The first-order chi connectivity index (χ1) is 29.4. The van der Waals surface area contributed by atoms with Crippen LogP contribution in [0.4, 0.5) is 0 Å². The van der Waals surface area contributed by atoms with Crippen LogP contribution in [0.25, 0.3) is 0 Å². The smallest absolute Gasteiger partial charge is 0.364 e. The summed E-state index contributed by atoms with van der Waals surface area (Å²) >= 11 is 0. The van der Waals surface area contributed by atoms with E-state index in [1.165, 1.54) is 0 Å². The molecule has 18 N–H and O–H groups in total. The van der Waals surface area contributed by atoms with Gasteiger partial charge in [0.25, 0.3) is 11.6 Å². The number of aliphatic hydroxyl groups is 14. The Labute approximate surface area is 383 Å². The van der Waals surface area contributed by atoms with E-state index in [1.807, 2.05) is 0 Å². The van der Waals surface area contributed by atoms with Crippen molar-refractivity contribution in [3.63, 3.8) is 0 Å². The van der Waals surface area contributed by atoms with E-state index in [-0.39, 0.29) is 35.8 Å². The summed E-state index contributed by atoms with van der Waals surface area (Å²) < 4.78 is 32.9. The third-order valence-corrected chi connectivity index (χ3v) is 10.5. The molecule has 0 unspecified atom stereocenters. The van der Waals surface area contributed by atoms with Crippen LogP contribution in [0, 0.1) is 0 Å². The number of rotatable bonds is 22. The van der Waals surface area contributed by atoms with Crippen LogP contribution in [0.15, 0.2) is 0 Å². The second-order valence-corrected chi connectivity index (χ2v) is 15.1. The van der Waals surface area contributed by atoms with Crippen LogP contribution in [0.3, 0.4) is 0 Å². The van der Waals surface area contributed by atoms with Gasteiger partial charge >= 0.3 is 11.9 Å². The molecule has 3 aliphatic rings. The minimum absolute atomic E-state index is 0. The summed E-state index contributed by atoms with van der Waals surface area (Å²) in [5, 5.41) is 173. The van der Waals surface area contributed by atoms with Gasteiger partial charge in [-0.2, -0.15) is 0 Å². The maximum atomic E-state index is 13.1. The van der Waals surface area contributed by atoms with E-state index in [9.17, 15) is 106 Å². The molecule has 30 heteroatoms. The number of nitrogens with one attached hydrogen (secondary N) is 2. The summed E-state index contributed by atoms with van der Waals surface area (Å²) in [4.78, 5) is 61.3. The van der Waals surface area contributed by atoms with Crippen LogP contribution < -0.4 is 10.6 Å². The normalized spacial score (nSPS) is 37.0. The molecule has 0 spiro atoms. The van der Waals surface area contributed by atoms with E-state index < -0.39 is 191 Å². The van der Waals surface area contributed by atoms with Crippen LogP contribution in [0.2, 0.25) is 0 Å². The van der Waals surface area contributed by atoms with Crippen molar-refractivity contribution in [1.29, 1.82) is 0 Å². The van der Waals surface area contributed by atoms with Gasteiger partial charge in [-0.3, -0.25) is 9.59 Å². The van der Waals surface area contributed by atoms with Gasteiger partial charge in [0.05, 0.1) is 50.7 Å². The Morgan fingerprint density at radius 2 is 1.22 bits per heavy atom. The number of ether oxygens (including phenoxy) is 6. The average Bonchev–Trinajstić information content (AvgIpc) is 3.23. The number of carboxylic acid groups (broad SMARTS) is 2. The molecule has 0 aromatic heterocycles. The number of aliphatic carboxylic acids is 2. The summed E-state index contributed by atoms with van der Waals surface area (Å²) in [6.45, 7) is -3.10. The quantitative estimate of drug-likeness (QED) is 0.0354. The third-order valence-electron chi connectivity index (χ3n) is 10.5. The number of carbonyl (C=O) groups is 5. The summed E-state index contributed by atoms with van der Waals surface area (Å²) in [5.74, 6) is -12.8. The standard InChI is InChI=1S/C34H56N2O27.Na/c1-10(42)35-19-12(44)3-33(31(54)55,61-27(19)22(50)15(47)6-38)60-18(9-41)24(52)28-20(36-11(2)43)13(45)4-34(62-28,32(56)57)63-29-23(51)17(8-40)58-30(25(29)53)59-26(16(48)7-39)21(49)14(46)5-37;/h5,12-30,38-41,44-53H,3-4,6-9H2,1-2H3,(H,35,42)(H,36,43)(H,54,55)(H,56,57);/t12-,13-,14-,15+,16+,17+,18+,19+,20+,21+,22+,23-,24+,25+,26+,27+,28+,29-,30-,33+,34-;/m0./s1. The fourth-order valence-electron chi connectivity index (χ4n) is 7.30. The summed E-state index contributed by atoms with van der Waals surface area (Å²) in [5.41, 5.74) is 0. The Bertz CT molecular complexity index is 1550. The van der Waals surface area contributed by atoms with Crippen molar-refractivity contribution in [3.05, 3.63) is 0 Å². The van der Waals surface area contributed by atoms with Crippen LogP contribution in [-0.2, 0) is 52.4 Å². The molecular formula is C34H56N2NaO27. The average molecular weight is 948 g/mol. The number of hydrogen-bond donors (Lipinski definition) is 18.